The van der Waals surface area contributed by atoms with E-state index in [1.54, 1.807) is 12.1 Å². The van der Waals surface area contributed by atoms with Crippen LogP contribution in [0, 0.1) is 0 Å². The van der Waals surface area contributed by atoms with Gasteiger partial charge in [-0.05, 0) is 139 Å². The fourth-order valence-corrected chi connectivity index (χ4v) is 10.6. The van der Waals surface area contributed by atoms with Crippen molar-refractivity contribution >= 4 is 43.6 Å². The average Bonchev–Trinajstić information content (AvgIpc) is 3.41. The van der Waals surface area contributed by atoms with Gasteiger partial charge in [0.05, 0.1) is 16.0 Å². The van der Waals surface area contributed by atoms with Crippen molar-refractivity contribution in [1.29, 1.82) is 0 Å². The Morgan fingerprint density at radius 1 is 0.400 bits per heavy atom. The molecular formula is C66H86O8S. The monoisotopic (exact) mass is 1040 g/mol. The predicted molar refractivity (Wildman–Crippen MR) is 309 cm³/mol. The fraction of sp³-hybridized carbons (Fsp3) is 0.485. The number of carbonyl (C=O) groups excluding carboxylic acids is 2. The summed E-state index contributed by atoms with van der Waals surface area (Å²) in [6.45, 7) is 8.92. The van der Waals surface area contributed by atoms with Crippen LogP contribution < -0.4 is 14.2 Å². The lowest BCUT2D eigenvalue weighted by atomic mass is 9.97. The standard InChI is InChI=1S/C66H86O8S/c1-5-9-13-17-21-25-29-50-33-35-52-37-39-54(31-27-23-19-15-11-7-3)63(60(52)47-50)73-65(67)59-46-43-57(72-56-41-44-58(45-42-56)75(69,70)71)49-62(59)66(68)74-64-55(32-28-24-20-16-12-8-4)40-38-53-36-34-51(48-61(53)64)30-26-22-18-14-10-6-2/h33-49H,5-32H2,1-4H3,(H,69,70,71). The van der Waals surface area contributed by atoms with E-state index in [9.17, 15) is 13.0 Å². The number of carbonyl (C=O) groups is 2. The summed E-state index contributed by atoms with van der Waals surface area (Å²) < 4.78 is 52.8. The van der Waals surface area contributed by atoms with Crippen LogP contribution in [0.1, 0.15) is 225 Å². The summed E-state index contributed by atoms with van der Waals surface area (Å²) >= 11 is 0. The zero-order chi connectivity index (χ0) is 53.3. The van der Waals surface area contributed by atoms with E-state index in [0.29, 0.717) is 11.5 Å². The minimum atomic E-state index is -4.43. The van der Waals surface area contributed by atoms with Gasteiger partial charge in [0.1, 0.15) is 23.0 Å². The molecule has 9 heteroatoms. The Kier molecular flexibility index (Phi) is 24.7. The second-order valence-corrected chi connectivity index (χ2v) is 22.2. The van der Waals surface area contributed by atoms with Crippen LogP contribution in [0.2, 0.25) is 0 Å². The second kappa shape index (κ2) is 31.5. The van der Waals surface area contributed by atoms with Crippen LogP contribution in [-0.2, 0) is 35.8 Å². The fourth-order valence-electron chi connectivity index (χ4n) is 10.2. The minimum absolute atomic E-state index is 0.0284. The highest BCUT2D eigenvalue weighted by molar-refractivity contribution is 7.85. The Balaban J connectivity index is 1.39. The van der Waals surface area contributed by atoms with Crippen molar-refractivity contribution in [2.75, 3.05) is 0 Å². The van der Waals surface area contributed by atoms with Gasteiger partial charge in [0.2, 0.25) is 0 Å². The van der Waals surface area contributed by atoms with E-state index in [4.69, 9.17) is 14.2 Å². The molecule has 0 fully saturated rings. The van der Waals surface area contributed by atoms with Gasteiger partial charge in [-0.2, -0.15) is 8.42 Å². The van der Waals surface area contributed by atoms with Crippen molar-refractivity contribution in [2.24, 2.45) is 0 Å². The first-order valence-corrected chi connectivity index (χ1v) is 30.4. The lowest BCUT2D eigenvalue weighted by molar-refractivity contribution is 0.0692. The highest BCUT2D eigenvalue weighted by Crippen LogP contribution is 2.37. The van der Waals surface area contributed by atoms with Crippen LogP contribution in [-0.4, -0.2) is 24.9 Å². The maximum atomic E-state index is 15.2. The number of esters is 2. The minimum Gasteiger partial charge on any atom is -0.457 e. The van der Waals surface area contributed by atoms with Crippen molar-refractivity contribution in [3.8, 4) is 23.0 Å². The van der Waals surface area contributed by atoms with Crippen LogP contribution in [0.5, 0.6) is 23.0 Å². The molecule has 6 rings (SSSR count). The molecule has 0 radical (unpaired) electrons. The molecule has 6 aromatic rings. The highest BCUT2D eigenvalue weighted by Gasteiger charge is 2.26. The topological polar surface area (TPSA) is 116 Å². The zero-order valence-electron chi connectivity index (χ0n) is 45.8. The van der Waals surface area contributed by atoms with E-state index in [2.05, 4.69) is 88.4 Å². The maximum Gasteiger partial charge on any atom is 0.344 e. The molecule has 0 atom stereocenters. The maximum absolute atomic E-state index is 15.2. The Hall–Kier alpha value is -5.51. The number of fused-ring (bicyclic) bond motifs is 2. The molecule has 0 heterocycles. The molecule has 6 aromatic carbocycles. The van der Waals surface area contributed by atoms with Crippen LogP contribution in [0.15, 0.2) is 108 Å². The molecule has 0 aliphatic rings. The predicted octanol–water partition coefficient (Wildman–Crippen LogP) is 19.1. The molecule has 0 aliphatic carbocycles. The molecule has 0 saturated heterocycles. The first-order valence-electron chi connectivity index (χ1n) is 29.0. The van der Waals surface area contributed by atoms with Crippen molar-refractivity contribution < 1.29 is 36.8 Å². The Bertz CT molecular complexity index is 2820. The first kappa shape index (κ1) is 58.7. The van der Waals surface area contributed by atoms with Crippen molar-refractivity contribution in [3.05, 3.63) is 137 Å². The molecule has 0 amide bonds. The third-order valence-electron chi connectivity index (χ3n) is 14.7. The molecule has 1 N–H and O–H groups in total. The van der Waals surface area contributed by atoms with E-state index >= 15 is 9.59 Å². The van der Waals surface area contributed by atoms with Gasteiger partial charge >= 0.3 is 11.9 Å². The largest absolute Gasteiger partial charge is 0.457 e. The number of aryl methyl sites for hydroxylation is 4. The van der Waals surface area contributed by atoms with Crippen molar-refractivity contribution in [1.82, 2.24) is 0 Å². The van der Waals surface area contributed by atoms with Gasteiger partial charge in [-0.3, -0.25) is 4.55 Å². The summed E-state index contributed by atoms with van der Waals surface area (Å²) in [6, 6.07) is 31.3. The highest BCUT2D eigenvalue weighted by atomic mass is 32.2. The van der Waals surface area contributed by atoms with Gasteiger partial charge in [0.15, 0.2) is 0 Å². The lowest BCUT2D eigenvalue weighted by Crippen LogP contribution is -2.19. The molecule has 0 saturated carbocycles. The van der Waals surface area contributed by atoms with Crippen LogP contribution in [0.3, 0.4) is 0 Å². The Morgan fingerprint density at radius 2 is 0.773 bits per heavy atom. The molecule has 404 valence electrons. The van der Waals surface area contributed by atoms with Gasteiger partial charge < -0.3 is 14.2 Å². The second-order valence-electron chi connectivity index (χ2n) is 20.8. The third kappa shape index (κ3) is 18.6. The summed E-state index contributed by atoms with van der Waals surface area (Å²) in [7, 11) is -4.43. The quantitative estimate of drug-likeness (QED) is 0.0181. The first-order chi connectivity index (χ1) is 36.5. The van der Waals surface area contributed by atoms with Crippen molar-refractivity contribution in [2.45, 2.75) is 212 Å². The summed E-state index contributed by atoms with van der Waals surface area (Å²) in [6.07, 6.45) is 31.3. The number of unbranched alkanes of at least 4 members (excludes halogenated alkanes) is 20. The third-order valence-corrected chi connectivity index (χ3v) is 15.5. The molecular weight excluding hydrogens is 953 g/mol. The number of rotatable bonds is 35. The zero-order valence-corrected chi connectivity index (χ0v) is 46.6. The normalized spacial score (nSPS) is 11.6. The average molecular weight is 1040 g/mol. The Labute approximate surface area is 450 Å². The number of hydrogen-bond acceptors (Lipinski definition) is 7. The van der Waals surface area contributed by atoms with Crippen LogP contribution in [0.25, 0.3) is 21.5 Å². The van der Waals surface area contributed by atoms with E-state index in [1.165, 1.54) is 144 Å². The number of ether oxygens (including phenoxy) is 3. The summed E-state index contributed by atoms with van der Waals surface area (Å²) in [4.78, 5) is 29.9. The van der Waals surface area contributed by atoms with Gasteiger partial charge in [-0.25, -0.2) is 9.59 Å². The van der Waals surface area contributed by atoms with Gasteiger partial charge in [0.25, 0.3) is 10.1 Å². The summed E-state index contributed by atoms with van der Waals surface area (Å²) in [5.41, 5.74) is 4.27. The lowest BCUT2D eigenvalue weighted by Gasteiger charge is -2.18. The molecule has 0 unspecified atom stereocenters. The molecule has 0 aliphatic heterocycles. The van der Waals surface area contributed by atoms with Gasteiger partial charge in [-0.15, -0.1) is 0 Å². The molecule has 8 nitrogen and oxygen atoms in total. The van der Waals surface area contributed by atoms with Gasteiger partial charge in [0, 0.05) is 10.8 Å². The Morgan fingerprint density at radius 3 is 1.20 bits per heavy atom. The van der Waals surface area contributed by atoms with Crippen molar-refractivity contribution in [3.63, 3.8) is 0 Å². The molecule has 0 spiro atoms. The molecule has 0 bridgehead atoms. The summed E-state index contributed by atoms with van der Waals surface area (Å²) in [5, 5.41) is 3.67. The SMILES string of the molecule is CCCCCCCCc1ccc2ccc(CCCCCCCC)c(OC(=O)c3ccc(Oc4ccc(S(=O)(=O)O)cc4)cc3C(=O)Oc3c(CCCCCCCC)ccc4ccc(CCCCCCCC)cc34)c2c1. The molecule has 75 heavy (non-hydrogen) atoms. The summed E-state index contributed by atoms with van der Waals surface area (Å²) in [5.74, 6) is 0.0852. The van der Waals surface area contributed by atoms with E-state index in [-0.39, 0.29) is 27.5 Å². The van der Waals surface area contributed by atoms with E-state index in [1.807, 2.05) is 0 Å². The van der Waals surface area contributed by atoms with E-state index < -0.39 is 22.1 Å². The number of hydrogen-bond donors (Lipinski definition) is 1. The number of benzene rings is 6. The van der Waals surface area contributed by atoms with Crippen LogP contribution >= 0.6 is 0 Å². The van der Waals surface area contributed by atoms with Gasteiger partial charge in [-0.1, -0.05) is 205 Å². The molecule has 0 aromatic heterocycles. The van der Waals surface area contributed by atoms with E-state index in [0.717, 1.165) is 110 Å². The van der Waals surface area contributed by atoms with Crippen LogP contribution in [0.4, 0.5) is 0 Å². The smallest absolute Gasteiger partial charge is 0.344 e.